The third kappa shape index (κ3) is 2.81. The molecule has 128 valence electrons. The molecule has 1 aromatic carbocycles. The molecule has 1 saturated heterocycles. The van der Waals surface area contributed by atoms with Gasteiger partial charge in [0, 0.05) is 6.54 Å². The number of likely N-dealkylation sites (tertiary alicyclic amines) is 1. The molecular weight excluding hydrogens is 301 g/mol. The first-order chi connectivity index (χ1) is 10.6. The maximum atomic E-state index is 13.4. The van der Waals surface area contributed by atoms with Crippen molar-refractivity contribution in [1.82, 2.24) is 4.90 Å². The molecule has 0 aliphatic carbocycles. The van der Waals surface area contributed by atoms with Crippen LogP contribution in [0.15, 0.2) is 18.2 Å². The van der Waals surface area contributed by atoms with Crippen LogP contribution < -0.4 is 0 Å². The van der Waals surface area contributed by atoms with E-state index in [1.807, 2.05) is 20.8 Å². The van der Waals surface area contributed by atoms with Crippen LogP contribution >= 0.6 is 0 Å². The van der Waals surface area contributed by atoms with Gasteiger partial charge in [-0.3, -0.25) is 4.90 Å². The Bertz CT molecular complexity index is 599. The minimum atomic E-state index is -1.15. The highest BCUT2D eigenvalue weighted by Crippen LogP contribution is 2.51. The Labute approximate surface area is 135 Å². The number of carbonyl (C=O) groups is 1. The van der Waals surface area contributed by atoms with Crippen molar-refractivity contribution in [2.75, 3.05) is 6.54 Å². The average Bonchev–Trinajstić information content (AvgIpc) is 2.92. The zero-order valence-corrected chi connectivity index (χ0v) is 13.7. The Hall–Kier alpha value is -1.66. The maximum Gasteiger partial charge on any atom is 0.407 e. The monoisotopic (exact) mass is 325 g/mol. The summed E-state index contributed by atoms with van der Waals surface area (Å²) in [6.07, 6.45) is -1.07. The lowest BCUT2D eigenvalue weighted by molar-refractivity contribution is -0.0677. The van der Waals surface area contributed by atoms with Gasteiger partial charge in [-0.15, -0.1) is 0 Å². The third-order valence-corrected chi connectivity index (χ3v) is 4.97. The predicted molar refractivity (Wildman–Crippen MR) is 83.4 cm³/mol. The summed E-state index contributed by atoms with van der Waals surface area (Å²) in [6, 6.07) is 3.82. The summed E-state index contributed by atoms with van der Waals surface area (Å²) in [5, 5.41) is 30.2. The van der Waals surface area contributed by atoms with Crippen LogP contribution in [0.1, 0.15) is 50.8 Å². The van der Waals surface area contributed by atoms with Gasteiger partial charge >= 0.3 is 6.09 Å². The Morgan fingerprint density at radius 1 is 1.43 bits per heavy atom. The fraction of sp³-hybridized carbons (Fsp3) is 0.588. The molecular formula is C17H24FNO4. The second-order valence-corrected chi connectivity index (χ2v) is 7.12. The van der Waals surface area contributed by atoms with Crippen molar-refractivity contribution in [3.63, 3.8) is 0 Å². The Morgan fingerprint density at radius 2 is 2.09 bits per heavy atom. The van der Waals surface area contributed by atoms with Crippen LogP contribution in [0, 0.1) is 11.2 Å². The first kappa shape index (κ1) is 17.7. The molecule has 2 unspecified atom stereocenters. The molecule has 5 nitrogen and oxygen atoms in total. The average molecular weight is 325 g/mol. The molecule has 1 aliphatic heterocycles. The van der Waals surface area contributed by atoms with Crippen molar-refractivity contribution in [2.45, 2.75) is 51.9 Å². The van der Waals surface area contributed by atoms with Crippen molar-refractivity contribution in [2.24, 2.45) is 5.41 Å². The molecule has 1 fully saturated rings. The van der Waals surface area contributed by atoms with Gasteiger partial charge in [-0.25, -0.2) is 9.18 Å². The molecule has 0 aromatic heterocycles. The maximum absolute atomic E-state index is 13.4. The summed E-state index contributed by atoms with van der Waals surface area (Å²) in [5.41, 5.74) is -0.918. The summed E-state index contributed by atoms with van der Waals surface area (Å²) in [7, 11) is 0. The lowest BCUT2D eigenvalue weighted by Crippen LogP contribution is -2.59. The van der Waals surface area contributed by atoms with Gasteiger partial charge in [0.05, 0.1) is 12.1 Å². The van der Waals surface area contributed by atoms with Gasteiger partial charge in [-0.05, 0) is 41.5 Å². The molecule has 1 heterocycles. The summed E-state index contributed by atoms with van der Waals surface area (Å²) in [4.78, 5) is 13.0. The van der Waals surface area contributed by atoms with E-state index in [-0.39, 0.29) is 5.56 Å². The summed E-state index contributed by atoms with van der Waals surface area (Å²) in [5.74, 6) is -0.503. The number of amides is 1. The number of aliphatic hydroxyl groups excluding tert-OH is 2. The van der Waals surface area contributed by atoms with Gasteiger partial charge in [-0.1, -0.05) is 26.8 Å². The quantitative estimate of drug-likeness (QED) is 0.798. The van der Waals surface area contributed by atoms with Crippen molar-refractivity contribution in [3.05, 3.63) is 35.1 Å². The largest absolute Gasteiger partial charge is 0.465 e. The highest BCUT2D eigenvalue weighted by molar-refractivity contribution is 5.67. The van der Waals surface area contributed by atoms with Gasteiger partial charge in [-0.2, -0.15) is 0 Å². The van der Waals surface area contributed by atoms with Gasteiger partial charge in [0.1, 0.15) is 11.9 Å². The Balaban J connectivity index is 2.59. The van der Waals surface area contributed by atoms with Crippen molar-refractivity contribution >= 4 is 6.09 Å². The van der Waals surface area contributed by atoms with Gasteiger partial charge in [0.15, 0.2) is 0 Å². The zero-order valence-electron chi connectivity index (χ0n) is 13.7. The number of nitrogens with zero attached hydrogens (tertiary/aromatic N) is 1. The normalized spacial score (nSPS) is 23.1. The van der Waals surface area contributed by atoms with Gasteiger partial charge in [0.2, 0.25) is 0 Å². The molecule has 0 bridgehead atoms. The lowest BCUT2D eigenvalue weighted by Gasteiger charge is -2.50. The third-order valence-electron chi connectivity index (χ3n) is 4.97. The van der Waals surface area contributed by atoms with Gasteiger partial charge in [0.25, 0.3) is 0 Å². The summed E-state index contributed by atoms with van der Waals surface area (Å²) in [6.45, 7) is 5.59. The van der Waals surface area contributed by atoms with E-state index in [1.54, 1.807) is 0 Å². The van der Waals surface area contributed by atoms with Crippen LogP contribution in [0.2, 0.25) is 0 Å². The SMILES string of the molecule is CC(C)(C)C1(C(O)c2ccc(F)cc2CO)CCCN1C(=O)O. The topological polar surface area (TPSA) is 81.0 Å². The van der Waals surface area contributed by atoms with Crippen LogP contribution in [0.5, 0.6) is 0 Å². The molecule has 3 N–H and O–H groups in total. The number of carboxylic acid groups (broad SMARTS) is 1. The highest BCUT2D eigenvalue weighted by Gasteiger charge is 2.57. The highest BCUT2D eigenvalue weighted by atomic mass is 19.1. The number of aliphatic hydroxyl groups is 2. The van der Waals surface area contributed by atoms with E-state index in [0.29, 0.717) is 24.9 Å². The first-order valence-corrected chi connectivity index (χ1v) is 7.73. The van der Waals surface area contributed by atoms with Crippen LogP contribution in [-0.4, -0.2) is 38.4 Å². The van der Waals surface area contributed by atoms with E-state index >= 15 is 0 Å². The van der Waals surface area contributed by atoms with Crippen LogP contribution in [0.25, 0.3) is 0 Å². The summed E-state index contributed by atoms with van der Waals surface area (Å²) >= 11 is 0. The van der Waals surface area contributed by atoms with Crippen LogP contribution in [-0.2, 0) is 6.61 Å². The fourth-order valence-electron chi connectivity index (χ4n) is 3.82. The number of hydrogen-bond donors (Lipinski definition) is 3. The summed E-state index contributed by atoms with van der Waals surface area (Å²) < 4.78 is 13.4. The zero-order chi connectivity index (χ0) is 17.4. The van der Waals surface area contributed by atoms with Crippen molar-refractivity contribution in [1.29, 1.82) is 0 Å². The van der Waals surface area contributed by atoms with Gasteiger partial charge < -0.3 is 15.3 Å². The van der Waals surface area contributed by atoms with Crippen LogP contribution in [0.4, 0.5) is 9.18 Å². The molecule has 1 aromatic rings. The second kappa shape index (κ2) is 6.09. The number of hydrogen-bond acceptors (Lipinski definition) is 3. The van der Waals surface area contributed by atoms with E-state index in [9.17, 15) is 24.5 Å². The number of rotatable bonds is 3. The number of halogens is 1. The smallest absolute Gasteiger partial charge is 0.407 e. The molecule has 6 heteroatoms. The number of benzene rings is 1. The molecule has 2 atom stereocenters. The Kier molecular flexibility index (Phi) is 4.69. The van der Waals surface area contributed by atoms with E-state index in [4.69, 9.17) is 0 Å². The molecule has 23 heavy (non-hydrogen) atoms. The molecule has 0 saturated carbocycles. The van der Waals surface area contributed by atoms with Crippen molar-refractivity contribution < 1.29 is 24.5 Å². The predicted octanol–water partition coefficient (Wildman–Crippen LogP) is 2.91. The van der Waals surface area contributed by atoms with E-state index in [1.165, 1.54) is 23.1 Å². The molecule has 1 amide bonds. The van der Waals surface area contributed by atoms with E-state index in [2.05, 4.69) is 0 Å². The van der Waals surface area contributed by atoms with E-state index in [0.717, 1.165) is 0 Å². The van der Waals surface area contributed by atoms with Crippen molar-refractivity contribution in [3.8, 4) is 0 Å². The molecule has 1 aliphatic rings. The van der Waals surface area contributed by atoms with Crippen LogP contribution in [0.3, 0.4) is 0 Å². The molecule has 2 rings (SSSR count). The second-order valence-electron chi connectivity index (χ2n) is 7.12. The minimum absolute atomic E-state index is 0.276. The Morgan fingerprint density at radius 3 is 2.61 bits per heavy atom. The fourth-order valence-corrected chi connectivity index (χ4v) is 3.82. The molecule has 0 radical (unpaired) electrons. The first-order valence-electron chi connectivity index (χ1n) is 7.73. The minimum Gasteiger partial charge on any atom is -0.465 e. The standard InChI is InChI=1S/C17H24FNO4/c1-16(2,3)17(7-4-8-19(17)15(22)23)14(21)13-6-5-12(18)9-11(13)10-20/h5-6,9,14,20-21H,4,7-8,10H2,1-3H3,(H,22,23). The van der Waals surface area contributed by atoms with E-state index < -0.39 is 35.6 Å². The lowest BCUT2D eigenvalue weighted by atomic mass is 9.66. The molecule has 0 spiro atoms.